The third-order valence-electron chi connectivity index (χ3n) is 8.14. The molecule has 11 nitrogen and oxygen atoms in total. The van der Waals surface area contributed by atoms with Gasteiger partial charge >= 0.3 is 0 Å². The molecule has 2 saturated heterocycles. The van der Waals surface area contributed by atoms with Crippen LogP contribution >= 0.6 is 0 Å². The smallest absolute Gasteiger partial charge is 0.265 e. The summed E-state index contributed by atoms with van der Waals surface area (Å²) in [5, 5.41) is 41.5. The number of piperazine rings is 1. The van der Waals surface area contributed by atoms with Gasteiger partial charge in [-0.05, 0) is 67.3 Å². The Morgan fingerprint density at radius 2 is 1.69 bits per heavy atom. The highest BCUT2D eigenvalue weighted by atomic mass is 16.5. The van der Waals surface area contributed by atoms with Gasteiger partial charge in [0.25, 0.3) is 5.91 Å². The van der Waals surface area contributed by atoms with Crippen LogP contribution in [0.15, 0.2) is 36.4 Å². The van der Waals surface area contributed by atoms with Crippen molar-refractivity contribution >= 4 is 23.0 Å². The lowest BCUT2D eigenvalue weighted by Crippen LogP contribution is -2.49. The minimum Gasteiger partial charge on any atom is -0.478 e. The number of carbonyl (C=O) groups excluding carboxylic acids is 1. The Bertz CT molecular complexity index is 1370. The van der Waals surface area contributed by atoms with E-state index in [1.807, 2.05) is 59.5 Å². The van der Waals surface area contributed by atoms with Gasteiger partial charge in [-0.15, -0.1) is 0 Å². The number of amides is 1. The average molecular weight is 570 g/mol. The lowest BCUT2D eigenvalue weighted by molar-refractivity contribution is -0.123. The fourth-order valence-corrected chi connectivity index (χ4v) is 5.63. The van der Waals surface area contributed by atoms with Gasteiger partial charge in [0.15, 0.2) is 6.10 Å². The number of nitrogens with one attached hydrogen (secondary N) is 1. The van der Waals surface area contributed by atoms with Crippen molar-refractivity contribution in [3.8, 4) is 24.0 Å². The van der Waals surface area contributed by atoms with Crippen LogP contribution in [-0.2, 0) is 16.0 Å². The first-order valence-corrected chi connectivity index (χ1v) is 14.3. The molecule has 2 unspecified atom stereocenters. The molecular formula is C31H35N7O4. The van der Waals surface area contributed by atoms with E-state index in [-0.39, 0.29) is 12.5 Å². The second kappa shape index (κ2) is 12.7. The number of fused-ring (bicyclic) bond motifs is 1. The maximum Gasteiger partial charge on any atom is 0.265 e. The van der Waals surface area contributed by atoms with Crippen LogP contribution in [0.4, 0.5) is 17.1 Å². The summed E-state index contributed by atoms with van der Waals surface area (Å²) in [7, 11) is 0. The summed E-state index contributed by atoms with van der Waals surface area (Å²) in [6.07, 6.45) is -0.193. The van der Waals surface area contributed by atoms with Crippen molar-refractivity contribution in [2.75, 3.05) is 74.1 Å². The SMILES string of the molecule is CC(O)c1cc2c(c(N3CCN(CC(C#N)(C#N)C#N)CC3)c1)OC(C(=O)Nc1ccc(N3CCOCC3)cc1)CC2. The van der Waals surface area contributed by atoms with Crippen molar-refractivity contribution in [1.29, 1.82) is 15.8 Å². The molecular weight excluding hydrogens is 534 g/mol. The summed E-state index contributed by atoms with van der Waals surface area (Å²) >= 11 is 0. The molecule has 11 heteroatoms. The first kappa shape index (κ1) is 29.2. The predicted octanol–water partition coefficient (Wildman–Crippen LogP) is 2.59. The normalized spacial score (nSPS) is 19.8. The highest BCUT2D eigenvalue weighted by Gasteiger charge is 2.35. The van der Waals surface area contributed by atoms with Crippen LogP contribution in [0.25, 0.3) is 0 Å². The van der Waals surface area contributed by atoms with E-state index in [9.17, 15) is 25.7 Å². The highest BCUT2D eigenvalue weighted by molar-refractivity contribution is 5.95. The third kappa shape index (κ3) is 6.27. The summed E-state index contributed by atoms with van der Waals surface area (Å²) in [6, 6.07) is 17.2. The number of benzene rings is 2. The molecule has 3 heterocycles. The van der Waals surface area contributed by atoms with Gasteiger partial charge in [0.1, 0.15) is 24.0 Å². The number of aliphatic hydroxyl groups excluding tert-OH is 1. The Labute approximate surface area is 246 Å². The van der Waals surface area contributed by atoms with E-state index < -0.39 is 17.6 Å². The van der Waals surface area contributed by atoms with E-state index in [1.54, 1.807) is 6.92 Å². The number of hydrogen-bond acceptors (Lipinski definition) is 10. The van der Waals surface area contributed by atoms with Crippen LogP contribution in [0.2, 0.25) is 0 Å². The predicted molar refractivity (Wildman–Crippen MR) is 156 cm³/mol. The zero-order valence-corrected chi connectivity index (χ0v) is 23.8. The summed E-state index contributed by atoms with van der Waals surface area (Å²) in [4.78, 5) is 19.6. The molecule has 0 aliphatic carbocycles. The number of ether oxygens (including phenoxy) is 2. The Morgan fingerprint density at radius 1 is 1.02 bits per heavy atom. The van der Waals surface area contributed by atoms with Crippen LogP contribution in [0, 0.1) is 39.4 Å². The number of nitriles is 3. The van der Waals surface area contributed by atoms with E-state index in [2.05, 4.69) is 15.1 Å². The van der Waals surface area contributed by atoms with E-state index >= 15 is 0 Å². The maximum atomic E-state index is 13.3. The largest absolute Gasteiger partial charge is 0.478 e. The summed E-state index contributed by atoms with van der Waals surface area (Å²) < 4.78 is 11.8. The molecule has 2 fully saturated rings. The first-order chi connectivity index (χ1) is 20.3. The standard InChI is InChI=1S/C31H35N7O4/c1-22(39)24-16-23-2-7-28(30(40)35-25-3-5-26(6-4-25)37-12-14-41-15-13-37)42-29(23)27(17-24)38-10-8-36(9-11-38)21-31(18-32,19-33)20-34/h3-6,16-17,22,28,39H,2,7-15,21H2,1H3,(H,35,40). The maximum absolute atomic E-state index is 13.3. The van der Waals surface area contributed by atoms with E-state index in [4.69, 9.17) is 9.47 Å². The molecule has 1 amide bonds. The minimum atomic E-state index is -1.69. The van der Waals surface area contributed by atoms with Gasteiger partial charge in [-0.1, -0.05) is 0 Å². The van der Waals surface area contributed by atoms with Crippen molar-refractivity contribution in [3.05, 3.63) is 47.5 Å². The van der Waals surface area contributed by atoms with Crippen LogP contribution in [0.1, 0.15) is 30.6 Å². The van der Waals surface area contributed by atoms with Gasteiger partial charge in [-0.25, -0.2) is 0 Å². The Balaban J connectivity index is 1.28. The van der Waals surface area contributed by atoms with E-state index in [0.29, 0.717) is 63.7 Å². The number of hydrogen-bond donors (Lipinski definition) is 2. The van der Waals surface area contributed by atoms with Crippen molar-refractivity contribution in [2.45, 2.75) is 32.0 Å². The van der Waals surface area contributed by atoms with E-state index in [0.717, 1.165) is 35.6 Å². The molecule has 3 aliphatic heterocycles. The molecule has 2 aromatic carbocycles. The quantitative estimate of drug-likeness (QED) is 0.510. The fourth-order valence-electron chi connectivity index (χ4n) is 5.63. The second-order valence-corrected chi connectivity index (χ2v) is 11.0. The molecule has 2 atom stereocenters. The number of carbonyl (C=O) groups is 1. The third-order valence-corrected chi connectivity index (χ3v) is 8.14. The average Bonchev–Trinajstić information content (AvgIpc) is 3.04. The first-order valence-electron chi connectivity index (χ1n) is 14.3. The number of nitrogens with zero attached hydrogens (tertiary/aromatic N) is 6. The van der Waals surface area contributed by atoms with Gasteiger partial charge in [0, 0.05) is 57.2 Å². The van der Waals surface area contributed by atoms with Crippen molar-refractivity contribution in [1.82, 2.24) is 4.90 Å². The second-order valence-electron chi connectivity index (χ2n) is 11.0. The Kier molecular flexibility index (Phi) is 8.80. The molecule has 0 saturated carbocycles. The number of aryl methyl sites for hydroxylation is 1. The van der Waals surface area contributed by atoms with E-state index in [1.165, 1.54) is 0 Å². The number of aliphatic hydroxyl groups is 1. The Morgan fingerprint density at radius 3 is 2.31 bits per heavy atom. The van der Waals surface area contributed by atoms with Crippen molar-refractivity contribution in [3.63, 3.8) is 0 Å². The molecule has 0 bridgehead atoms. The molecule has 0 radical (unpaired) electrons. The molecule has 2 aromatic rings. The molecule has 218 valence electrons. The van der Waals surface area contributed by atoms with Crippen molar-refractivity contribution < 1.29 is 19.4 Å². The van der Waals surface area contributed by atoms with Gasteiger partial charge in [-0.2, -0.15) is 15.8 Å². The molecule has 0 aromatic heterocycles. The molecule has 5 rings (SSSR count). The fraction of sp³-hybridized carbons (Fsp3) is 0.484. The molecule has 3 aliphatic rings. The summed E-state index contributed by atoms with van der Waals surface area (Å²) in [5.41, 5.74) is 2.63. The van der Waals surface area contributed by atoms with Crippen LogP contribution in [-0.4, -0.2) is 81.0 Å². The van der Waals surface area contributed by atoms with Crippen LogP contribution < -0.4 is 19.9 Å². The van der Waals surface area contributed by atoms with Crippen molar-refractivity contribution in [2.24, 2.45) is 5.41 Å². The molecule has 2 N–H and O–H groups in total. The number of anilines is 3. The van der Waals surface area contributed by atoms with Gasteiger partial charge in [0.05, 0.1) is 25.0 Å². The lowest BCUT2D eigenvalue weighted by atomic mass is 9.93. The monoisotopic (exact) mass is 569 g/mol. The van der Waals surface area contributed by atoms with Gasteiger partial charge in [-0.3, -0.25) is 9.69 Å². The Hall–Kier alpha value is -4.34. The summed E-state index contributed by atoms with van der Waals surface area (Å²) in [6.45, 7) is 7.12. The highest BCUT2D eigenvalue weighted by Crippen LogP contribution is 2.40. The van der Waals surface area contributed by atoms with Gasteiger partial charge in [0.2, 0.25) is 5.41 Å². The topological polar surface area (TPSA) is 149 Å². The van der Waals surface area contributed by atoms with Crippen LogP contribution in [0.3, 0.4) is 0 Å². The number of rotatable bonds is 7. The molecule has 0 spiro atoms. The molecule has 42 heavy (non-hydrogen) atoms. The zero-order valence-electron chi connectivity index (χ0n) is 23.8. The zero-order chi connectivity index (χ0) is 29.7. The number of morpholine rings is 1. The van der Waals surface area contributed by atoms with Crippen LogP contribution in [0.5, 0.6) is 5.75 Å². The minimum absolute atomic E-state index is 0.0579. The summed E-state index contributed by atoms with van der Waals surface area (Å²) in [5.74, 6) is 0.429. The van der Waals surface area contributed by atoms with Gasteiger partial charge < -0.3 is 29.7 Å². The lowest BCUT2D eigenvalue weighted by Gasteiger charge is -2.39.